The van der Waals surface area contributed by atoms with E-state index in [2.05, 4.69) is 15.1 Å². The molecule has 0 atom stereocenters. The maximum Gasteiger partial charge on any atom is 0.274 e. The molecule has 0 aliphatic carbocycles. The van der Waals surface area contributed by atoms with Gasteiger partial charge in [0.05, 0.1) is 29.9 Å². The maximum atomic E-state index is 13.3. The lowest BCUT2D eigenvalue weighted by molar-refractivity contribution is 0.0299. The largest absolute Gasteiger partial charge is 0.378 e. The van der Waals surface area contributed by atoms with Gasteiger partial charge in [-0.15, -0.1) is 0 Å². The first-order valence-electron chi connectivity index (χ1n) is 9.02. The molecule has 1 aliphatic heterocycles. The Kier molecular flexibility index (Phi) is 3.94. The highest BCUT2D eigenvalue weighted by Crippen LogP contribution is 2.26. The fourth-order valence-corrected chi connectivity index (χ4v) is 3.38. The van der Waals surface area contributed by atoms with Crippen molar-refractivity contribution < 1.29 is 9.53 Å². The molecule has 9 nitrogen and oxygen atoms in total. The van der Waals surface area contributed by atoms with Crippen LogP contribution in [-0.2, 0) is 4.74 Å². The topological polar surface area (TPSA) is 98.4 Å². The van der Waals surface area contributed by atoms with Crippen LogP contribution < -0.4 is 0 Å². The van der Waals surface area contributed by atoms with Crippen LogP contribution in [0.1, 0.15) is 16.1 Å². The minimum Gasteiger partial charge on any atom is -0.378 e. The zero-order chi connectivity index (χ0) is 19.1. The van der Waals surface area contributed by atoms with Gasteiger partial charge < -0.3 is 9.64 Å². The molecule has 5 rings (SSSR count). The Bertz CT molecular complexity index is 1200. The quantitative estimate of drug-likeness (QED) is 0.524. The Balaban J connectivity index is 1.77. The number of hydrogen-bond acceptors (Lipinski definition) is 7. The van der Waals surface area contributed by atoms with Crippen LogP contribution in [0.25, 0.3) is 28.2 Å². The Morgan fingerprint density at radius 3 is 2.82 bits per heavy atom. The second-order valence-electron chi connectivity index (χ2n) is 6.57. The molecule has 1 amide bonds. The SMILES string of the molecule is Cc1cccc2nc(C(=O)N3CCOCC3)c(-c3ccnc4ncnn34)nc12. The zero-order valence-electron chi connectivity index (χ0n) is 15.2. The summed E-state index contributed by atoms with van der Waals surface area (Å²) < 4.78 is 6.95. The summed E-state index contributed by atoms with van der Waals surface area (Å²) in [5, 5.41) is 4.24. The fraction of sp³-hybridized carbons (Fsp3) is 0.263. The molecular weight excluding hydrogens is 358 g/mol. The third kappa shape index (κ3) is 2.67. The van der Waals surface area contributed by atoms with E-state index in [0.29, 0.717) is 54.7 Å². The van der Waals surface area contributed by atoms with E-state index >= 15 is 0 Å². The molecule has 140 valence electrons. The first kappa shape index (κ1) is 16.7. The smallest absolute Gasteiger partial charge is 0.274 e. The summed E-state index contributed by atoms with van der Waals surface area (Å²) >= 11 is 0. The molecule has 0 spiro atoms. The predicted molar refractivity (Wildman–Crippen MR) is 101 cm³/mol. The summed E-state index contributed by atoms with van der Waals surface area (Å²) in [5.41, 5.74) is 3.81. The molecule has 1 aromatic carbocycles. The van der Waals surface area contributed by atoms with Crippen LogP contribution in [0.5, 0.6) is 0 Å². The van der Waals surface area contributed by atoms with Crippen molar-refractivity contribution in [3.63, 3.8) is 0 Å². The van der Waals surface area contributed by atoms with Crippen LogP contribution in [-0.4, -0.2) is 66.7 Å². The monoisotopic (exact) mass is 375 g/mol. The van der Waals surface area contributed by atoms with Gasteiger partial charge in [-0.2, -0.15) is 14.6 Å². The number of carbonyl (C=O) groups is 1. The van der Waals surface area contributed by atoms with Gasteiger partial charge in [-0.05, 0) is 24.6 Å². The summed E-state index contributed by atoms with van der Waals surface area (Å²) in [7, 11) is 0. The molecule has 1 aliphatic rings. The summed E-state index contributed by atoms with van der Waals surface area (Å²) in [4.78, 5) is 32.9. The number of nitrogens with zero attached hydrogens (tertiary/aromatic N) is 7. The van der Waals surface area contributed by atoms with Crippen LogP contribution in [0.4, 0.5) is 0 Å². The first-order valence-corrected chi connectivity index (χ1v) is 9.02. The molecule has 0 unspecified atom stereocenters. The number of aryl methyl sites for hydroxylation is 1. The second-order valence-corrected chi connectivity index (χ2v) is 6.57. The van der Waals surface area contributed by atoms with Gasteiger partial charge in [-0.1, -0.05) is 12.1 Å². The van der Waals surface area contributed by atoms with Crippen molar-refractivity contribution in [2.24, 2.45) is 0 Å². The third-order valence-electron chi connectivity index (χ3n) is 4.82. The number of carbonyl (C=O) groups excluding carboxylic acids is 1. The van der Waals surface area contributed by atoms with Gasteiger partial charge in [-0.3, -0.25) is 4.79 Å². The molecule has 28 heavy (non-hydrogen) atoms. The van der Waals surface area contributed by atoms with Crippen LogP contribution in [0.3, 0.4) is 0 Å². The average molecular weight is 375 g/mol. The second kappa shape index (κ2) is 6.61. The van der Waals surface area contributed by atoms with Gasteiger partial charge in [0.1, 0.15) is 12.0 Å². The fourth-order valence-electron chi connectivity index (χ4n) is 3.38. The lowest BCUT2D eigenvalue weighted by atomic mass is 10.1. The van der Waals surface area contributed by atoms with Crippen LogP contribution in [0, 0.1) is 6.92 Å². The Hall–Kier alpha value is -3.46. The highest BCUT2D eigenvalue weighted by atomic mass is 16.5. The van der Waals surface area contributed by atoms with Gasteiger partial charge >= 0.3 is 0 Å². The van der Waals surface area contributed by atoms with Crippen LogP contribution in [0.15, 0.2) is 36.8 Å². The zero-order valence-corrected chi connectivity index (χ0v) is 15.2. The number of amides is 1. The lowest BCUT2D eigenvalue weighted by Gasteiger charge is -2.27. The minimum atomic E-state index is -0.167. The third-order valence-corrected chi connectivity index (χ3v) is 4.82. The van der Waals surface area contributed by atoms with E-state index in [-0.39, 0.29) is 5.91 Å². The molecular formula is C19H17N7O2. The summed E-state index contributed by atoms with van der Waals surface area (Å²) in [6.07, 6.45) is 3.06. The Labute approximate surface area is 160 Å². The maximum absolute atomic E-state index is 13.3. The Morgan fingerprint density at radius 1 is 1.11 bits per heavy atom. The molecule has 1 saturated heterocycles. The first-order chi connectivity index (χ1) is 13.7. The molecule has 3 aromatic heterocycles. The van der Waals surface area contributed by atoms with Crippen molar-refractivity contribution in [2.75, 3.05) is 26.3 Å². The lowest BCUT2D eigenvalue weighted by Crippen LogP contribution is -2.41. The number of ether oxygens (including phenoxy) is 1. The van der Waals surface area contributed by atoms with Crippen molar-refractivity contribution >= 4 is 22.7 Å². The number of aromatic nitrogens is 6. The number of benzene rings is 1. The molecule has 4 aromatic rings. The molecule has 9 heteroatoms. The van der Waals surface area contributed by atoms with Crippen molar-refractivity contribution in [2.45, 2.75) is 6.92 Å². The Morgan fingerprint density at radius 2 is 1.96 bits per heavy atom. The molecule has 0 saturated carbocycles. The standard InChI is InChI=1S/C19H17N7O2/c1-12-3-2-4-13-15(12)24-16(14-5-6-20-19-21-11-22-26(14)19)17(23-13)18(27)25-7-9-28-10-8-25/h2-6,11H,7-10H2,1H3. The van der Waals surface area contributed by atoms with Crippen molar-refractivity contribution in [3.05, 3.63) is 48.0 Å². The van der Waals surface area contributed by atoms with Gasteiger partial charge in [0.2, 0.25) is 0 Å². The normalized spacial score (nSPS) is 14.7. The van der Waals surface area contributed by atoms with Crippen molar-refractivity contribution in [1.29, 1.82) is 0 Å². The van der Waals surface area contributed by atoms with Gasteiger partial charge in [0.25, 0.3) is 11.7 Å². The summed E-state index contributed by atoms with van der Waals surface area (Å²) in [6.45, 7) is 4.07. The molecule has 1 fully saturated rings. The van der Waals surface area contributed by atoms with Gasteiger partial charge in [0.15, 0.2) is 5.69 Å². The number of morpholine rings is 1. The van der Waals surface area contributed by atoms with Crippen LogP contribution in [0.2, 0.25) is 0 Å². The van der Waals surface area contributed by atoms with Gasteiger partial charge in [0, 0.05) is 19.3 Å². The molecule has 4 heterocycles. The predicted octanol–water partition coefficient (Wildman–Crippen LogP) is 1.52. The van der Waals surface area contributed by atoms with Gasteiger partial charge in [-0.25, -0.2) is 15.0 Å². The average Bonchev–Trinajstić information content (AvgIpc) is 3.22. The van der Waals surface area contributed by atoms with Crippen molar-refractivity contribution in [1.82, 2.24) is 34.4 Å². The minimum absolute atomic E-state index is 0.167. The van der Waals surface area contributed by atoms with E-state index in [4.69, 9.17) is 14.7 Å². The van der Waals surface area contributed by atoms with E-state index in [1.165, 1.54) is 6.33 Å². The number of hydrogen-bond donors (Lipinski definition) is 0. The van der Waals surface area contributed by atoms with Crippen molar-refractivity contribution in [3.8, 4) is 11.4 Å². The summed E-state index contributed by atoms with van der Waals surface area (Å²) in [5.74, 6) is 0.272. The van der Waals surface area contributed by atoms with E-state index < -0.39 is 0 Å². The highest BCUT2D eigenvalue weighted by Gasteiger charge is 2.26. The van der Waals surface area contributed by atoms with Crippen LogP contribution >= 0.6 is 0 Å². The molecule has 0 radical (unpaired) electrons. The van der Waals surface area contributed by atoms with E-state index in [1.54, 1.807) is 21.7 Å². The van der Waals surface area contributed by atoms with E-state index in [9.17, 15) is 4.79 Å². The van der Waals surface area contributed by atoms with E-state index in [1.807, 2.05) is 25.1 Å². The molecule has 0 N–H and O–H groups in total. The highest BCUT2D eigenvalue weighted by molar-refractivity contribution is 6.00. The molecule has 0 bridgehead atoms. The number of fused-ring (bicyclic) bond motifs is 2. The number of rotatable bonds is 2. The summed E-state index contributed by atoms with van der Waals surface area (Å²) in [6, 6.07) is 7.53. The van der Waals surface area contributed by atoms with E-state index in [0.717, 1.165) is 11.1 Å². The number of para-hydroxylation sites is 1.